The summed E-state index contributed by atoms with van der Waals surface area (Å²) in [5, 5.41) is 0. The molecule has 4 aliphatic rings. The fourth-order valence-corrected chi connectivity index (χ4v) is 8.38. The molecule has 0 saturated heterocycles. The number of benzene rings is 2. The number of hydrogen-bond donors (Lipinski definition) is 0. The molecule has 3 saturated carbocycles. The van der Waals surface area contributed by atoms with Crippen molar-refractivity contribution in [3.63, 3.8) is 0 Å². The van der Waals surface area contributed by atoms with Crippen LogP contribution in [-0.4, -0.2) is 105 Å². The molecule has 3 fully saturated rings. The predicted molar refractivity (Wildman–Crippen MR) is 178 cm³/mol. The first-order valence-electron chi connectivity index (χ1n) is 16.2. The summed E-state index contributed by atoms with van der Waals surface area (Å²) in [6.07, 6.45) is 4.10. The van der Waals surface area contributed by atoms with Crippen molar-refractivity contribution in [3.8, 4) is 0 Å². The van der Waals surface area contributed by atoms with Gasteiger partial charge in [0.1, 0.15) is 31.1 Å². The second kappa shape index (κ2) is 13.4. The van der Waals surface area contributed by atoms with E-state index in [4.69, 9.17) is 4.74 Å². The highest BCUT2D eigenvalue weighted by Crippen LogP contribution is 2.50. The molecular formula is C34H46FN3O7S2. The van der Waals surface area contributed by atoms with Gasteiger partial charge in [-0.25, -0.2) is 30.8 Å². The van der Waals surface area contributed by atoms with Crippen molar-refractivity contribution < 1.29 is 35.6 Å². The summed E-state index contributed by atoms with van der Waals surface area (Å²) >= 11 is 0. The minimum Gasteiger partial charge on any atom is -0.444 e. The molecule has 0 radical (unpaired) electrons. The number of carbonyl (C=O) groups excluding carboxylic acids is 2. The summed E-state index contributed by atoms with van der Waals surface area (Å²) in [6, 6.07) is 12.4. The van der Waals surface area contributed by atoms with Gasteiger partial charge >= 0.3 is 12.1 Å². The van der Waals surface area contributed by atoms with Crippen molar-refractivity contribution in [2.45, 2.75) is 70.2 Å². The van der Waals surface area contributed by atoms with Crippen molar-refractivity contribution in [1.82, 2.24) is 14.7 Å². The van der Waals surface area contributed by atoms with E-state index in [1.54, 1.807) is 42.7 Å². The minimum atomic E-state index is -3.44. The van der Waals surface area contributed by atoms with E-state index >= 15 is 0 Å². The smallest absolute Gasteiger partial charge is 0.410 e. The lowest BCUT2D eigenvalue weighted by Crippen LogP contribution is -2.64. The van der Waals surface area contributed by atoms with E-state index in [1.807, 2.05) is 24.3 Å². The maximum absolute atomic E-state index is 14.8. The molecule has 3 amide bonds. The molecule has 1 aliphatic heterocycles. The standard InChI is InChI=1S/C34H46FN3O7S2/c1-34(2,3)45-33(40)37(17-19-47(5,43)44)30-22-29(25-20-26(30)21-25)36(16-18-46(4,41)42)32(39)38-15-14-23-8-6-7-9-28(23)31(38)24-10-12-27(35)13-11-24/h6-13,25-26,29-31H,14-22H2,1-5H3/t25?,26?,29-,30+,31+/m1/s1. The van der Waals surface area contributed by atoms with E-state index in [1.165, 1.54) is 17.0 Å². The molecule has 258 valence electrons. The Bertz CT molecular complexity index is 1690. The third-order valence-electron chi connectivity index (χ3n) is 9.58. The number of sulfone groups is 2. The van der Waals surface area contributed by atoms with E-state index in [2.05, 4.69) is 0 Å². The first-order chi connectivity index (χ1) is 21.9. The molecule has 47 heavy (non-hydrogen) atoms. The Balaban J connectivity index is 1.50. The number of halogens is 1. The third kappa shape index (κ3) is 8.46. The number of ether oxygens (including phenoxy) is 1. The van der Waals surface area contributed by atoms with Crippen LogP contribution in [0.3, 0.4) is 0 Å². The lowest BCUT2D eigenvalue weighted by Gasteiger charge is -2.57. The first kappa shape index (κ1) is 35.1. The van der Waals surface area contributed by atoms with Gasteiger partial charge in [0.15, 0.2) is 0 Å². The molecule has 10 nitrogen and oxygen atoms in total. The highest BCUT2D eigenvalue weighted by molar-refractivity contribution is 7.90. The van der Waals surface area contributed by atoms with Crippen molar-refractivity contribution in [3.05, 3.63) is 71.0 Å². The number of amides is 3. The lowest BCUT2D eigenvalue weighted by atomic mass is 9.59. The van der Waals surface area contributed by atoms with Crippen LogP contribution in [0.25, 0.3) is 0 Å². The van der Waals surface area contributed by atoms with E-state index in [-0.39, 0.29) is 60.4 Å². The summed E-state index contributed by atoms with van der Waals surface area (Å²) in [5.74, 6) is -0.623. The summed E-state index contributed by atoms with van der Waals surface area (Å²) in [4.78, 5) is 33.2. The Morgan fingerprint density at radius 3 is 1.98 bits per heavy atom. The summed E-state index contributed by atoms with van der Waals surface area (Å²) in [5.41, 5.74) is 1.97. The molecule has 3 aliphatic carbocycles. The van der Waals surface area contributed by atoms with Crippen LogP contribution in [-0.2, 0) is 30.8 Å². The van der Waals surface area contributed by atoms with E-state index < -0.39 is 37.4 Å². The second-order valence-corrected chi connectivity index (χ2v) is 18.9. The summed E-state index contributed by atoms with van der Waals surface area (Å²) in [6.45, 7) is 5.57. The predicted octanol–water partition coefficient (Wildman–Crippen LogP) is 4.69. The van der Waals surface area contributed by atoms with Crippen LogP contribution in [0.5, 0.6) is 0 Å². The third-order valence-corrected chi connectivity index (χ3v) is 11.4. The van der Waals surface area contributed by atoms with Crippen molar-refractivity contribution >= 4 is 31.8 Å². The Hall–Kier alpha value is -3.19. The molecular weight excluding hydrogens is 646 g/mol. The number of fused-ring (bicyclic) bond motifs is 3. The van der Waals surface area contributed by atoms with Gasteiger partial charge in [-0.05, 0) is 87.1 Å². The molecule has 0 N–H and O–H groups in total. The maximum Gasteiger partial charge on any atom is 0.410 e. The van der Waals surface area contributed by atoms with Crippen LogP contribution in [0, 0.1) is 17.7 Å². The van der Waals surface area contributed by atoms with E-state index in [0.717, 1.165) is 42.0 Å². The minimum absolute atomic E-state index is 0.0275. The van der Waals surface area contributed by atoms with Crippen LogP contribution in [0.2, 0.25) is 0 Å². The zero-order valence-electron chi connectivity index (χ0n) is 27.8. The SMILES string of the molecule is CC(C)(C)OC(=O)N(CCS(C)(=O)=O)[C@H]1C[C@@H](N(CCS(C)(=O)=O)C(=O)N2CCc3ccccc3[C@@H]2c2ccc(F)cc2)C2CC1C2. The van der Waals surface area contributed by atoms with Gasteiger partial charge in [-0.2, -0.15) is 0 Å². The molecule has 0 aromatic heterocycles. The lowest BCUT2D eigenvalue weighted by molar-refractivity contribution is -0.0582. The Labute approximate surface area is 278 Å². The zero-order chi connectivity index (χ0) is 34.3. The van der Waals surface area contributed by atoms with Crippen molar-refractivity contribution in [2.75, 3.05) is 43.7 Å². The largest absolute Gasteiger partial charge is 0.444 e. The van der Waals surface area contributed by atoms with E-state index in [0.29, 0.717) is 19.4 Å². The molecule has 2 aromatic rings. The van der Waals surface area contributed by atoms with Crippen LogP contribution in [0.15, 0.2) is 48.5 Å². The van der Waals surface area contributed by atoms with Crippen LogP contribution < -0.4 is 0 Å². The van der Waals surface area contributed by atoms with Crippen LogP contribution >= 0.6 is 0 Å². The molecule has 2 aromatic carbocycles. The molecule has 13 heteroatoms. The van der Waals surface area contributed by atoms with Crippen molar-refractivity contribution in [1.29, 1.82) is 0 Å². The zero-order valence-corrected chi connectivity index (χ0v) is 29.4. The Kier molecular flexibility index (Phi) is 9.99. The van der Waals surface area contributed by atoms with E-state index in [9.17, 15) is 30.8 Å². The number of hydrogen-bond acceptors (Lipinski definition) is 7. The highest BCUT2D eigenvalue weighted by Gasteiger charge is 2.52. The average molecular weight is 692 g/mol. The summed E-state index contributed by atoms with van der Waals surface area (Å²) in [7, 11) is -6.83. The van der Waals surface area contributed by atoms with Gasteiger partial charge in [-0.1, -0.05) is 36.4 Å². The highest BCUT2D eigenvalue weighted by atomic mass is 32.2. The molecule has 3 atom stereocenters. The number of nitrogens with zero attached hydrogens (tertiary/aromatic N) is 3. The Morgan fingerprint density at radius 2 is 1.40 bits per heavy atom. The first-order valence-corrected chi connectivity index (χ1v) is 20.3. The van der Waals surface area contributed by atoms with Gasteiger partial charge in [0.2, 0.25) is 0 Å². The molecule has 2 bridgehead atoms. The van der Waals surface area contributed by atoms with Crippen LogP contribution in [0.4, 0.5) is 14.0 Å². The van der Waals surface area contributed by atoms with Crippen molar-refractivity contribution in [2.24, 2.45) is 11.8 Å². The van der Waals surface area contributed by atoms with Crippen LogP contribution in [0.1, 0.15) is 62.8 Å². The normalized spacial score (nSPS) is 24.1. The summed E-state index contributed by atoms with van der Waals surface area (Å²) < 4.78 is 69.0. The Morgan fingerprint density at radius 1 is 0.851 bits per heavy atom. The van der Waals surface area contributed by atoms with Gasteiger partial charge in [-0.3, -0.25) is 0 Å². The van der Waals surface area contributed by atoms with Gasteiger partial charge in [0.05, 0.1) is 17.5 Å². The fourth-order valence-electron chi connectivity index (χ4n) is 7.32. The van der Waals surface area contributed by atoms with Gasteiger partial charge in [-0.15, -0.1) is 0 Å². The van der Waals surface area contributed by atoms with Gasteiger partial charge in [0, 0.05) is 44.2 Å². The number of urea groups is 1. The van der Waals surface area contributed by atoms with Gasteiger partial charge in [0.25, 0.3) is 0 Å². The maximum atomic E-state index is 14.8. The fraction of sp³-hybridized carbons (Fsp3) is 0.588. The van der Waals surface area contributed by atoms with Gasteiger partial charge < -0.3 is 19.4 Å². The quantitative estimate of drug-likeness (QED) is 0.374. The monoisotopic (exact) mass is 691 g/mol. The molecule has 6 rings (SSSR count). The molecule has 0 unspecified atom stereocenters. The second-order valence-electron chi connectivity index (χ2n) is 14.4. The average Bonchev–Trinajstić information content (AvgIpc) is 2.94. The topological polar surface area (TPSA) is 121 Å². The molecule has 1 heterocycles. The number of carbonyl (C=O) groups is 2. The number of rotatable bonds is 9. The molecule has 0 spiro atoms.